The summed E-state index contributed by atoms with van der Waals surface area (Å²) in [5, 5.41) is 2.89. The SMILES string of the molecule is COc1ccc(N=c2oc3c(C)ncc(COC(C)=O)c3cc2C(=O)Nc2cccc(C(F)(F)F)c2)c(OC)c1. The quantitative estimate of drug-likeness (QED) is 0.290. The molecule has 12 heteroatoms. The highest BCUT2D eigenvalue weighted by atomic mass is 19.4. The van der Waals surface area contributed by atoms with Crippen molar-refractivity contribution in [3.8, 4) is 11.5 Å². The van der Waals surface area contributed by atoms with E-state index in [0.29, 0.717) is 33.8 Å². The third-order valence-electron chi connectivity index (χ3n) is 5.78. The van der Waals surface area contributed by atoms with Crippen LogP contribution in [0.1, 0.15) is 34.1 Å². The van der Waals surface area contributed by atoms with Crippen molar-refractivity contribution in [3.05, 3.63) is 82.7 Å². The number of anilines is 1. The Hall–Kier alpha value is -4.87. The molecule has 208 valence electrons. The standard InChI is InChI=1S/C28H24F3N3O6/c1-15-25-21(17(13-32-15)14-39-16(2)35)12-22(26(36)33-19-7-5-6-18(10-19)28(29,30)31)27(40-25)34-23-9-8-20(37-3)11-24(23)38-4/h5-13H,14H2,1-4H3,(H,33,36). The average molecular weight is 556 g/mol. The number of carbonyl (C=O) groups is 2. The summed E-state index contributed by atoms with van der Waals surface area (Å²) < 4.78 is 61.5. The minimum absolute atomic E-state index is 0.0843. The number of nitrogens with one attached hydrogen (secondary N) is 1. The Kier molecular flexibility index (Phi) is 8.08. The monoisotopic (exact) mass is 555 g/mol. The van der Waals surface area contributed by atoms with E-state index in [-0.39, 0.29) is 29.0 Å². The van der Waals surface area contributed by atoms with E-state index < -0.39 is 23.6 Å². The van der Waals surface area contributed by atoms with Gasteiger partial charge in [-0.3, -0.25) is 14.6 Å². The van der Waals surface area contributed by atoms with Crippen LogP contribution in [0.15, 0.2) is 64.1 Å². The number of methoxy groups -OCH3 is 2. The minimum atomic E-state index is -4.60. The highest BCUT2D eigenvalue weighted by molar-refractivity contribution is 6.05. The van der Waals surface area contributed by atoms with Gasteiger partial charge in [0, 0.05) is 35.8 Å². The zero-order chi connectivity index (χ0) is 29.0. The predicted octanol–water partition coefficient (Wildman–Crippen LogP) is 5.72. The topological polar surface area (TPSA) is 112 Å². The molecule has 0 aliphatic carbocycles. The first kappa shape index (κ1) is 28.1. The van der Waals surface area contributed by atoms with E-state index >= 15 is 0 Å². The van der Waals surface area contributed by atoms with Crippen LogP contribution in [0.2, 0.25) is 0 Å². The van der Waals surface area contributed by atoms with Crippen molar-refractivity contribution >= 4 is 34.2 Å². The van der Waals surface area contributed by atoms with Gasteiger partial charge in [0.2, 0.25) is 5.55 Å². The molecule has 0 fully saturated rings. The van der Waals surface area contributed by atoms with E-state index in [0.717, 1.165) is 12.1 Å². The van der Waals surface area contributed by atoms with Crippen LogP contribution in [-0.4, -0.2) is 31.1 Å². The molecule has 0 bridgehead atoms. The molecule has 0 radical (unpaired) electrons. The molecule has 4 rings (SSSR count). The summed E-state index contributed by atoms with van der Waals surface area (Å²) in [6.45, 7) is 2.79. The number of aryl methyl sites for hydroxylation is 1. The van der Waals surface area contributed by atoms with Gasteiger partial charge < -0.3 is 23.9 Å². The number of hydrogen-bond acceptors (Lipinski definition) is 8. The van der Waals surface area contributed by atoms with Gasteiger partial charge in [-0.15, -0.1) is 0 Å². The second-order valence-corrected chi connectivity index (χ2v) is 8.54. The molecule has 4 aromatic rings. The van der Waals surface area contributed by atoms with Crippen molar-refractivity contribution in [3.63, 3.8) is 0 Å². The molecule has 2 aromatic carbocycles. The fourth-order valence-electron chi connectivity index (χ4n) is 3.79. The minimum Gasteiger partial charge on any atom is -0.497 e. The molecule has 0 atom stereocenters. The maximum absolute atomic E-state index is 13.5. The van der Waals surface area contributed by atoms with Crippen molar-refractivity contribution in [2.75, 3.05) is 19.5 Å². The third kappa shape index (κ3) is 6.22. The Labute approximate surface area is 226 Å². The maximum atomic E-state index is 13.5. The molecule has 1 amide bonds. The lowest BCUT2D eigenvalue weighted by molar-refractivity contribution is -0.142. The van der Waals surface area contributed by atoms with Gasteiger partial charge in [0.1, 0.15) is 29.4 Å². The van der Waals surface area contributed by atoms with Crippen LogP contribution in [0.4, 0.5) is 24.5 Å². The molecule has 0 saturated carbocycles. The molecule has 2 aromatic heterocycles. The number of alkyl halides is 3. The number of rotatable bonds is 7. The zero-order valence-electron chi connectivity index (χ0n) is 21.9. The van der Waals surface area contributed by atoms with E-state index in [1.165, 1.54) is 45.5 Å². The van der Waals surface area contributed by atoms with Gasteiger partial charge in [-0.2, -0.15) is 13.2 Å². The molecule has 2 heterocycles. The number of benzene rings is 2. The van der Waals surface area contributed by atoms with Crippen LogP contribution >= 0.6 is 0 Å². The number of pyridine rings is 1. The Balaban J connectivity index is 1.92. The summed E-state index contributed by atoms with van der Waals surface area (Å²) in [6, 6.07) is 10.5. The number of esters is 1. The van der Waals surface area contributed by atoms with Crippen LogP contribution in [0, 0.1) is 6.92 Å². The van der Waals surface area contributed by atoms with Gasteiger partial charge in [-0.1, -0.05) is 6.07 Å². The van der Waals surface area contributed by atoms with Crippen molar-refractivity contribution in [2.24, 2.45) is 4.99 Å². The van der Waals surface area contributed by atoms with Crippen LogP contribution in [0.5, 0.6) is 11.5 Å². The molecular formula is C28H24F3N3O6. The number of ether oxygens (including phenoxy) is 3. The second kappa shape index (κ2) is 11.5. The van der Waals surface area contributed by atoms with Gasteiger partial charge in [-0.25, -0.2) is 4.99 Å². The van der Waals surface area contributed by atoms with Gasteiger partial charge in [-0.05, 0) is 43.3 Å². The summed E-state index contributed by atoms with van der Waals surface area (Å²) in [7, 11) is 2.92. The molecular weight excluding hydrogens is 531 g/mol. The first-order valence-corrected chi connectivity index (χ1v) is 11.8. The van der Waals surface area contributed by atoms with E-state index in [1.807, 2.05) is 0 Å². The number of fused-ring (bicyclic) bond motifs is 1. The van der Waals surface area contributed by atoms with Crippen molar-refractivity contribution in [1.29, 1.82) is 0 Å². The van der Waals surface area contributed by atoms with Crippen LogP contribution in [-0.2, 0) is 22.3 Å². The van der Waals surface area contributed by atoms with Crippen molar-refractivity contribution in [1.82, 2.24) is 4.98 Å². The number of nitrogens with zero attached hydrogens (tertiary/aromatic N) is 2. The van der Waals surface area contributed by atoms with E-state index in [9.17, 15) is 22.8 Å². The Morgan fingerprint density at radius 1 is 1.07 bits per heavy atom. The number of halogens is 3. The molecule has 1 N–H and O–H groups in total. The lowest BCUT2D eigenvalue weighted by Gasteiger charge is -2.12. The number of carbonyl (C=O) groups excluding carboxylic acids is 2. The van der Waals surface area contributed by atoms with Gasteiger partial charge in [0.05, 0.1) is 25.5 Å². The third-order valence-corrected chi connectivity index (χ3v) is 5.78. The normalized spacial score (nSPS) is 11.8. The number of amides is 1. The molecule has 9 nitrogen and oxygen atoms in total. The molecule has 0 spiro atoms. The molecule has 0 aliphatic rings. The molecule has 40 heavy (non-hydrogen) atoms. The smallest absolute Gasteiger partial charge is 0.416 e. The fraction of sp³-hybridized carbons (Fsp3) is 0.214. The van der Waals surface area contributed by atoms with Crippen molar-refractivity contribution in [2.45, 2.75) is 26.6 Å². The number of aromatic nitrogens is 1. The summed E-state index contributed by atoms with van der Waals surface area (Å²) in [4.78, 5) is 33.7. The van der Waals surface area contributed by atoms with Gasteiger partial charge >= 0.3 is 12.1 Å². The molecule has 0 saturated heterocycles. The van der Waals surface area contributed by atoms with Crippen LogP contribution < -0.4 is 20.3 Å². The Bertz CT molecular complexity index is 1660. The summed E-state index contributed by atoms with van der Waals surface area (Å²) in [5.41, 5.74) is 0.205. The zero-order valence-corrected chi connectivity index (χ0v) is 21.9. The van der Waals surface area contributed by atoms with E-state index in [1.54, 1.807) is 25.1 Å². The van der Waals surface area contributed by atoms with Crippen LogP contribution in [0.3, 0.4) is 0 Å². The van der Waals surface area contributed by atoms with E-state index in [4.69, 9.17) is 18.6 Å². The molecule has 0 unspecified atom stereocenters. The summed E-state index contributed by atoms with van der Waals surface area (Å²) in [5.74, 6) is -0.489. The van der Waals surface area contributed by atoms with Crippen LogP contribution in [0.25, 0.3) is 11.0 Å². The fourth-order valence-corrected chi connectivity index (χ4v) is 3.79. The highest BCUT2D eigenvalue weighted by Gasteiger charge is 2.30. The molecule has 0 aliphatic heterocycles. The lowest BCUT2D eigenvalue weighted by atomic mass is 10.1. The number of hydrogen-bond donors (Lipinski definition) is 1. The van der Waals surface area contributed by atoms with Gasteiger partial charge in [0.25, 0.3) is 5.91 Å². The first-order chi connectivity index (χ1) is 19.0. The highest BCUT2D eigenvalue weighted by Crippen LogP contribution is 2.32. The average Bonchev–Trinajstić information content (AvgIpc) is 2.92. The van der Waals surface area contributed by atoms with E-state index in [2.05, 4.69) is 15.3 Å². The summed E-state index contributed by atoms with van der Waals surface area (Å²) >= 11 is 0. The van der Waals surface area contributed by atoms with Crippen molar-refractivity contribution < 1.29 is 41.4 Å². The first-order valence-electron chi connectivity index (χ1n) is 11.8. The Morgan fingerprint density at radius 3 is 2.52 bits per heavy atom. The summed E-state index contributed by atoms with van der Waals surface area (Å²) in [6.07, 6.45) is -3.12. The largest absolute Gasteiger partial charge is 0.497 e. The Morgan fingerprint density at radius 2 is 1.85 bits per heavy atom. The lowest BCUT2D eigenvalue weighted by Crippen LogP contribution is -2.22. The predicted molar refractivity (Wildman–Crippen MR) is 138 cm³/mol. The maximum Gasteiger partial charge on any atom is 0.416 e. The second-order valence-electron chi connectivity index (χ2n) is 8.54. The van der Waals surface area contributed by atoms with Gasteiger partial charge in [0.15, 0.2) is 5.58 Å².